The fourth-order valence-corrected chi connectivity index (χ4v) is 3.54. The highest BCUT2D eigenvalue weighted by atomic mass is 19.4. The Balaban J connectivity index is 0.00000100. The first-order valence-electron chi connectivity index (χ1n) is 8.53. The number of hydrogen-bond acceptors (Lipinski definition) is 2. The summed E-state index contributed by atoms with van der Waals surface area (Å²) in [5.74, 6) is -0.000433. The third-order valence-electron chi connectivity index (χ3n) is 4.82. The maximum atomic E-state index is 13.2. The summed E-state index contributed by atoms with van der Waals surface area (Å²) in [6, 6.07) is 0.955. The molecular weight excluding hydrogens is 319 g/mol. The molecule has 0 radical (unpaired) electrons. The van der Waals surface area contributed by atoms with Crippen LogP contribution in [-0.2, 0) is 11.0 Å². The van der Waals surface area contributed by atoms with Gasteiger partial charge in [0.05, 0.1) is 11.7 Å². The van der Waals surface area contributed by atoms with Gasteiger partial charge in [-0.05, 0) is 24.8 Å². The lowest BCUT2D eigenvalue weighted by molar-refractivity contribution is -0.158. The molecule has 1 saturated heterocycles. The molecule has 1 aromatic heterocycles. The molecule has 0 aromatic carbocycles. The number of likely N-dealkylation sites (tertiary alicyclic amines) is 1. The lowest BCUT2D eigenvalue weighted by Gasteiger charge is -2.58. The molecule has 0 N–H and O–H groups in total. The summed E-state index contributed by atoms with van der Waals surface area (Å²) in [4.78, 5) is 13.0. The molecule has 2 heterocycles. The van der Waals surface area contributed by atoms with E-state index in [-0.39, 0.29) is 23.3 Å². The number of aromatic nitrogens is 2. The standard InChI is InChI=1S/C15H20F3N3O.C2H6/c1-9(2)12-4-13(15(16,17)18)21(19-12)11-5-14(6-11)7-20(8-14)10(3)22;1-2/h4,9,11H,5-8H2,1-3H3;1-2H3. The molecule has 4 nitrogen and oxygen atoms in total. The van der Waals surface area contributed by atoms with Crippen LogP contribution in [-0.4, -0.2) is 33.7 Å². The first kappa shape index (κ1) is 18.8. The third-order valence-corrected chi connectivity index (χ3v) is 4.82. The molecule has 1 aliphatic carbocycles. The highest BCUT2D eigenvalue weighted by Crippen LogP contribution is 2.55. The molecule has 1 saturated carbocycles. The van der Waals surface area contributed by atoms with Crippen LogP contribution in [0.4, 0.5) is 13.2 Å². The highest BCUT2D eigenvalue weighted by molar-refractivity contribution is 5.74. The average Bonchev–Trinajstić information content (AvgIpc) is 2.82. The largest absolute Gasteiger partial charge is 0.433 e. The van der Waals surface area contributed by atoms with Gasteiger partial charge in [-0.15, -0.1) is 0 Å². The molecule has 7 heteroatoms. The molecular formula is C17H26F3N3O. The van der Waals surface area contributed by atoms with E-state index in [2.05, 4.69) is 5.10 Å². The van der Waals surface area contributed by atoms with Crippen molar-refractivity contribution in [3.8, 4) is 0 Å². The van der Waals surface area contributed by atoms with Crippen molar-refractivity contribution in [2.75, 3.05) is 13.1 Å². The molecule has 1 amide bonds. The Morgan fingerprint density at radius 1 is 1.29 bits per heavy atom. The van der Waals surface area contributed by atoms with Crippen molar-refractivity contribution < 1.29 is 18.0 Å². The van der Waals surface area contributed by atoms with Crippen molar-refractivity contribution in [3.05, 3.63) is 17.5 Å². The van der Waals surface area contributed by atoms with E-state index in [1.54, 1.807) is 4.90 Å². The summed E-state index contributed by atoms with van der Waals surface area (Å²) >= 11 is 0. The monoisotopic (exact) mass is 345 g/mol. The van der Waals surface area contributed by atoms with E-state index in [1.807, 2.05) is 27.7 Å². The second-order valence-corrected chi connectivity index (χ2v) is 6.99. The summed E-state index contributed by atoms with van der Waals surface area (Å²) in [7, 11) is 0. The quantitative estimate of drug-likeness (QED) is 0.804. The summed E-state index contributed by atoms with van der Waals surface area (Å²) in [6.07, 6.45) is -3.05. The molecule has 24 heavy (non-hydrogen) atoms. The minimum absolute atomic E-state index is 0.0170. The summed E-state index contributed by atoms with van der Waals surface area (Å²) < 4.78 is 40.7. The number of amides is 1. The Kier molecular flexibility index (Phi) is 5.02. The minimum Gasteiger partial charge on any atom is -0.342 e. The highest BCUT2D eigenvalue weighted by Gasteiger charge is 2.55. The van der Waals surface area contributed by atoms with E-state index in [9.17, 15) is 18.0 Å². The molecule has 0 unspecified atom stereocenters. The van der Waals surface area contributed by atoms with E-state index in [1.165, 1.54) is 6.92 Å². The van der Waals surface area contributed by atoms with Crippen molar-refractivity contribution in [2.24, 2.45) is 5.41 Å². The van der Waals surface area contributed by atoms with Crippen molar-refractivity contribution in [1.29, 1.82) is 0 Å². The predicted octanol–water partition coefficient (Wildman–Crippen LogP) is 4.23. The van der Waals surface area contributed by atoms with Gasteiger partial charge in [0.2, 0.25) is 5.91 Å². The molecule has 0 atom stereocenters. The van der Waals surface area contributed by atoms with E-state index in [0.29, 0.717) is 31.6 Å². The fourth-order valence-electron chi connectivity index (χ4n) is 3.54. The van der Waals surface area contributed by atoms with E-state index in [0.717, 1.165) is 10.7 Å². The van der Waals surface area contributed by atoms with E-state index < -0.39 is 11.9 Å². The zero-order valence-electron chi connectivity index (χ0n) is 14.9. The van der Waals surface area contributed by atoms with Gasteiger partial charge in [-0.3, -0.25) is 9.48 Å². The van der Waals surface area contributed by atoms with Gasteiger partial charge in [-0.25, -0.2) is 0 Å². The number of carbonyl (C=O) groups is 1. The summed E-state index contributed by atoms with van der Waals surface area (Å²) in [6.45, 7) is 10.5. The second-order valence-electron chi connectivity index (χ2n) is 6.99. The maximum Gasteiger partial charge on any atom is 0.433 e. The van der Waals surface area contributed by atoms with Gasteiger partial charge in [0, 0.05) is 25.4 Å². The Labute approximate surface area is 141 Å². The van der Waals surface area contributed by atoms with Crippen LogP contribution in [0.25, 0.3) is 0 Å². The molecule has 1 spiro atoms. The Bertz CT molecular complexity index is 593. The third kappa shape index (κ3) is 3.30. The lowest BCUT2D eigenvalue weighted by Crippen LogP contribution is -2.63. The first-order chi connectivity index (χ1) is 11.1. The van der Waals surface area contributed by atoms with Crippen LogP contribution < -0.4 is 0 Å². The van der Waals surface area contributed by atoms with Crippen molar-refractivity contribution in [2.45, 2.75) is 65.6 Å². The Hall–Kier alpha value is -1.53. The number of halogens is 3. The topological polar surface area (TPSA) is 38.1 Å². The van der Waals surface area contributed by atoms with Crippen LogP contribution in [0.1, 0.15) is 70.8 Å². The normalized spacial score (nSPS) is 19.6. The van der Waals surface area contributed by atoms with E-state index >= 15 is 0 Å². The molecule has 136 valence electrons. The van der Waals surface area contributed by atoms with Gasteiger partial charge in [0.15, 0.2) is 0 Å². The minimum atomic E-state index is -4.38. The van der Waals surface area contributed by atoms with Crippen molar-refractivity contribution in [1.82, 2.24) is 14.7 Å². The Morgan fingerprint density at radius 2 is 1.83 bits per heavy atom. The number of rotatable bonds is 2. The number of hydrogen-bond donors (Lipinski definition) is 0. The van der Waals surface area contributed by atoms with Crippen LogP contribution in [0.5, 0.6) is 0 Å². The van der Waals surface area contributed by atoms with Gasteiger partial charge in [0.25, 0.3) is 0 Å². The maximum absolute atomic E-state index is 13.2. The van der Waals surface area contributed by atoms with E-state index in [4.69, 9.17) is 0 Å². The zero-order chi connectivity index (χ0) is 18.3. The fraction of sp³-hybridized carbons (Fsp3) is 0.765. The van der Waals surface area contributed by atoms with Gasteiger partial charge < -0.3 is 4.90 Å². The number of nitrogens with zero attached hydrogens (tertiary/aromatic N) is 3. The zero-order valence-corrected chi connectivity index (χ0v) is 14.9. The average molecular weight is 345 g/mol. The molecule has 3 rings (SSSR count). The number of carbonyl (C=O) groups excluding carboxylic acids is 1. The summed E-state index contributed by atoms with van der Waals surface area (Å²) in [5, 5.41) is 4.19. The molecule has 2 aliphatic rings. The molecule has 2 fully saturated rings. The molecule has 1 aliphatic heterocycles. The van der Waals surface area contributed by atoms with Gasteiger partial charge in [0.1, 0.15) is 5.69 Å². The molecule has 0 bridgehead atoms. The first-order valence-corrected chi connectivity index (χ1v) is 8.53. The van der Waals surface area contributed by atoms with Gasteiger partial charge >= 0.3 is 6.18 Å². The van der Waals surface area contributed by atoms with Crippen LogP contribution in [0.3, 0.4) is 0 Å². The summed E-state index contributed by atoms with van der Waals surface area (Å²) in [5.41, 5.74) is -0.158. The smallest absolute Gasteiger partial charge is 0.342 e. The second kappa shape index (κ2) is 6.41. The Morgan fingerprint density at radius 3 is 2.25 bits per heavy atom. The van der Waals surface area contributed by atoms with Gasteiger partial charge in [-0.2, -0.15) is 18.3 Å². The number of alkyl halides is 3. The van der Waals surface area contributed by atoms with Crippen LogP contribution in [0.2, 0.25) is 0 Å². The van der Waals surface area contributed by atoms with Crippen LogP contribution in [0, 0.1) is 5.41 Å². The van der Waals surface area contributed by atoms with Crippen LogP contribution >= 0.6 is 0 Å². The molecule has 1 aromatic rings. The van der Waals surface area contributed by atoms with Crippen LogP contribution in [0.15, 0.2) is 6.07 Å². The predicted molar refractivity (Wildman–Crippen MR) is 85.6 cm³/mol. The SMILES string of the molecule is CC.CC(=O)N1CC2(CC(n3nc(C(C)C)cc3C(F)(F)F)C2)C1. The lowest BCUT2D eigenvalue weighted by atomic mass is 9.60. The van der Waals surface area contributed by atoms with Gasteiger partial charge in [-0.1, -0.05) is 27.7 Å². The van der Waals surface area contributed by atoms with Crippen molar-refractivity contribution >= 4 is 5.91 Å². The van der Waals surface area contributed by atoms with Crippen molar-refractivity contribution in [3.63, 3.8) is 0 Å².